The third-order valence-electron chi connectivity index (χ3n) is 3.23. The summed E-state index contributed by atoms with van der Waals surface area (Å²) in [5.74, 6) is -2.66. The lowest BCUT2D eigenvalue weighted by atomic mass is 10.1. The Morgan fingerprint density at radius 1 is 1.29 bits per heavy atom. The zero-order valence-electron chi connectivity index (χ0n) is 13.0. The zero-order chi connectivity index (χ0) is 17.9. The van der Waals surface area contributed by atoms with Crippen molar-refractivity contribution in [1.29, 1.82) is 0 Å². The average molecular weight is 350 g/mol. The van der Waals surface area contributed by atoms with Crippen molar-refractivity contribution < 1.29 is 23.5 Å². The Morgan fingerprint density at radius 3 is 2.62 bits per heavy atom. The molecule has 0 aliphatic rings. The van der Waals surface area contributed by atoms with Crippen LogP contribution in [-0.4, -0.2) is 23.9 Å². The molecule has 2 rings (SSSR count). The van der Waals surface area contributed by atoms with Gasteiger partial charge in [-0.25, -0.2) is 9.18 Å². The van der Waals surface area contributed by atoms with Gasteiger partial charge in [-0.3, -0.25) is 9.59 Å². The Hall–Kier alpha value is -2.74. The van der Waals surface area contributed by atoms with Gasteiger partial charge in [0.25, 0.3) is 11.8 Å². The van der Waals surface area contributed by atoms with E-state index in [1.54, 1.807) is 12.3 Å². The molecule has 126 valence electrons. The van der Waals surface area contributed by atoms with Gasteiger partial charge in [0, 0.05) is 0 Å². The fourth-order valence-corrected chi connectivity index (χ4v) is 2.61. The molecule has 0 saturated heterocycles. The molecule has 0 spiro atoms. The summed E-state index contributed by atoms with van der Waals surface area (Å²) in [6, 6.07) is 5.39. The minimum absolute atomic E-state index is 0.00620. The van der Waals surface area contributed by atoms with Gasteiger partial charge < -0.3 is 15.8 Å². The van der Waals surface area contributed by atoms with Crippen molar-refractivity contribution >= 4 is 34.1 Å². The summed E-state index contributed by atoms with van der Waals surface area (Å²) in [5.41, 5.74) is 5.77. The van der Waals surface area contributed by atoms with Crippen LogP contribution in [0.4, 0.5) is 9.39 Å². The molecule has 2 amide bonds. The van der Waals surface area contributed by atoms with Crippen LogP contribution in [0.25, 0.3) is 0 Å². The number of primary amides is 1. The second-order valence-electron chi connectivity index (χ2n) is 5.03. The molecule has 1 unspecified atom stereocenters. The van der Waals surface area contributed by atoms with Crippen LogP contribution in [0.2, 0.25) is 0 Å². The molecule has 0 saturated carbocycles. The number of halogens is 1. The molecule has 1 atom stereocenters. The van der Waals surface area contributed by atoms with Gasteiger partial charge in [-0.05, 0) is 43.0 Å². The quantitative estimate of drug-likeness (QED) is 0.809. The molecular weight excluding hydrogens is 335 g/mol. The predicted molar refractivity (Wildman–Crippen MR) is 87.5 cm³/mol. The summed E-state index contributed by atoms with van der Waals surface area (Å²) in [6.45, 7) is 2.94. The molecule has 6 nitrogen and oxygen atoms in total. The molecule has 0 aliphatic carbocycles. The van der Waals surface area contributed by atoms with E-state index in [1.807, 2.05) is 0 Å². The molecule has 0 radical (unpaired) electrons. The number of ether oxygens (including phenoxy) is 1. The van der Waals surface area contributed by atoms with Gasteiger partial charge in [0.05, 0.1) is 11.1 Å². The van der Waals surface area contributed by atoms with Crippen molar-refractivity contribution in [3.8, 4) is 0 Å². The lowest BCUT2D eigenvalue weighted by Crippen LogP contribution is -2.30. The first-order chi connectivity index (χ1) is 11.3. The number of nitrogens with one attached hydrogen (secondary N) is 1. The summed E-state index contributed by atoms with van der Waals surface area (Å²) in [5, 5.41) is 4.35. The highest BCUT2D eigenvalue weighted by Gasteiger charge is 2.21. The smallest absolute Gasteiger partial charge is 0.339 e. The molecule has 2 aromatic rings. The number of nitrogens with two attached hydrogens (primary N) is 1. The number of rotatable bonds is 5. The number of hydrogen-bond acceptors (Lipinski definition) is 5. The van der Waals surface area contributed by atoms with Gasteiger partial charge in [-0.15, -0.1) is 11.3 Å². The highest BCUT2D eigenvalue weighted by molar-refractivity contribution is 7.14. The van der Waals surface area contributed by atoms with Crippen LogP contribution in [0, 0.1) is 12.7 Å². The second-order valence-corrected chi connectivity index (χ2v) is 5.94. The van der Waals surface area contributed by atoms with Gasteiger partial charge in [-0.1, -0.05) is 6.07 Å². The minimum Gasteiger partial charge on any atom is -0.449 e. The number of benzene rings is 1. The summed E-state index contributed by atoms with van der Waals surface area (Å²) < 4.78 is 18.5. The summed E-state index contributed by atoms with van der Waals surface area (Å²) in [7, 11) is 0. The van der Waals surface area contributed by atoms with Crippen LogP contribution < -0.4 is 11.1 Å². The Bertz CT molecular complexity index is 803. The van der Waals surface area contributed by atoms with Crippen LogP contribution in [-0.2, 0) is 9.53 Å². The third-order valence-corrected chi connectivity index (χ3v) is 4.06. The van der Waals surface area contributed by atoms with Gasteiger partial charge >= 0.3 is 5.97 Å². The van der Waals surface area contributed by atoms with Gasteiger partial charge in [0.2, 0.25) is 0 Å². The topological polar surface area (TPSA) is 98.5 Å². The van der Waals surface area contributed by atoms with Crippen LogP contribution >= 0.6 is 11.3 Å². The third kappa shape index (κ3) is 3.96. The van der Waals surface area contributed by atoms with Crippen LogP contribution in [0.5, 0.6) is 0 Å². The predicted octanol–water partition coefficient (Wildman–Crippen LogP) is 2.48. The lowest BCUT2D eigenvalue weighted by molar-refractivity contribution is -0.123. The van der Waals surface area contributed by atoms with E-state index in [4.69, 9.17) is 10.5 Å². The summed E-state index contributed by atoms with van der Waals surface area (Å²) in [4.78, 5) is 35.2. The van der Waals surface area contributed by atoms with Crippen LogP contribution in [0.3, 0.4) is 0 Å². The van der Waals surface area contributed by atoms with E-state index in [9.17, 15) is 18.8 Å². The number of thiophene rings is 1. The normalized spacial score (nSPS) is 11.6. The number of carbonyl (C=O) groups is 3. The maximum Gasteiger partial charge on any atom is 0.339 e. The van der Waals surface area contributed by atoms with E-state index in [1.165, 1.54) is 25.1 Å². The molecular formula is C16H15FN2O4S. The monoisotopic (exact) mass is 350 g/mol. The van der Waals surface area contributed by atoms with Crippen molar-refractivity contribution in [1.82, 2.24) is 0 Å². The van der Waals surface area contributed by atoms with Crippen LogP contribution in [0.1, 0.15) is 33.2 Å². The molecule has 24 heavy (non-hydrogen) atoms. The first kappa shape index (κ1) is 17.6. The van der Waals surface area contributed by atoms with Crippen molar-refractivity contribution in [2.75, 3.05) is 5.32 Å². The summed E-state index contributed by atoms with van der Waals surface area (Å²) in [6.07, 6.45) is -1.13. The molecule has 1 heterocycles. The fraction of sp³-hybridized carbons (Fsp3) is 0.188. The first-order valence-corrected chi connectivity index (χ1v) is 7.83. The Balaban J connectivity index is 2.03. The van der Waals surface area contributed by atoms with E-state index < -0.39 is 29.7 Å². The number of anilines is 1. The highest BCUT2D eigenvalue weighted by atomic mass is 32.1. The number of carbonyl (C=O) groups excluding carboxylic acids is 3. The van der Waals surface area contributed by atoms with E-state index in [-0.39, 0.29) is 16.1 Å². The fourth-order valence-electron chi connectivity index (χ4n) is 1.82. The standard InChI is InChI=1S/C16H15FN2O4S/c1-8-3-4-10(7-12(8)17)16(22)23-9(2)14(21)19-15-11(13(18)20)5-6-24-15/h3-7,9H,1-2H3,(H2,18,20)(H,19,21). The van der Waals surface area contributed by atoms with Crippen molar-refractivity contribution in [3.05, 3.63) is 52.2 Å². The second kappa shape index (κ2) is 7.22. The Morgan fingerprint density at radius 2 is 2.00 bits per heavy atom. The van der Waals surface area contributed by atoms with E-state index in [0.717, 1.165) is 17.4 Å². The highest BCUT2D eigenvalue weighted by Crippen LogP contribution is 2.23. The number of aryl methyl sites for hydroxylation is 1. The number of amides is 2. The van der Waals surface area contributed by atoms with Crippen molar-refractivity contribution in [2.45, 2.75) is 20.0 Å². The number of esters is 1. The SMILES string of the molecule is Cc1ccc(C(=O)OC(C)C(=O)Nc2sccc2C(N)=O)cc1F. The first-order valence-electron chi connectivity index (χ1n) is 6.95. The maximum absolute atomic E-state index is 13.5. The Labute approximate surface area is 141 Å². The van der Waals surface area contributed by atoms with E-state index in [0.29, 0.717) is 5.56 Å². The van der Waals surface area contributed by atoms with Gasteiger partial charge in [0.15, 0.2) is 6.10 Å². The van der Waals surface area contributed by atoms with E-state index >= 15 is 0 Å². The molecule has 1 aromatic carbocycles. The maximum atomic E-state index is 13.5. The van der Waals surface area contributed by atoms with Gasteiger partial charge in [0.1, 0.15) is 10.8 Å². The zero-order valence-corrected chi connectivity index (χ0v) is 13.8. The summed E-state index contributed by atoms with van der Waals surface area (Å²) >= 11 is 1.12. The van der Waals surface area contributed by atoms with Gasteiger partial charge in [-0.2, -0.15) is 0 Å². The van der Waals surface area contributed by atoms with Crippen molar-refractivity contribution in [3.63, 3.8) is 0 Å². The minimum atomic E-state index is -1.13. The molecule has 0 fully saturated rings. The lowest BCUT2D eigenvalue weighted by Gasteiger charge is -2.13. The molecule has 3 N–H and O–H groups in total. The molecule has 0 aliphatic heterocycles. The Kier molecular flexibility index (Phi) is 5.30. The average Bonchev–Trinajstić information content (AvgIpc) is 2.98. The van der Waals surface area contributed by atoms with Crippen molar-refractivity contribution in [2.24, 2.45) is 5.73 Å². The molecule has 8 heteroatoms. The van der Waals surface area contributed by atoms with E-state index in [2.05, 4.69) is 5.32 Å². The largest absolute Gasteiger partial charge is 0.449 e. The molecule has 0 bridgehead atoms. The van der Waals surface area contributed by atoms with Crippen LogP contribution in [0.15, 0.2) is 29.6 Å². The molecule has 1 aromatic heterocycles. The number of hydrogen-bond donors (Lipinski definition) is 2.